The maximum Gasteiger partial charge on any atom is 0.264 e. The van der Waals surface area contributed by atoms with E-state index in [1.165, 1.54) is 65.5 Å². The van der Waals surface area contributed by atoms with Crippen LogP contribution in [0.1, 0.15) is 5.56 Å². The summed E-state index contributed by atoms with van der Waals surface area (Å²) in [5, 5.41) is 1.32. The number of aryl methyl sites for hydroxylation is 1. The summed E-state index contributed by atoms with van der Waals surface area (Å²) in [7, 11) is 0. The molecular weight excluding hydrogens is 467 g/mol. The first-order valence-electron chi connectivity index (χ1n) is 12.7. The topological polar surface area (TPSA) is 6.48 Å². The first-order valence-corrected chi connectivity index (χ1v) is 13.6. The smallest absolute Gasteiger partial charge is 0.264 e. The molecule has 5 aromatic carbocycles. The van der Waals surface area contributed by atoms with Crippen LogP contribution >= 0.6 is 11.3 Å². The monoisotopic (exact) mass is 490 g/mol. The van der Waals surface area contributed by atoms with E-state index in [1.807, 2.05) is 11.3 Å². The lowest BCUT2D eigenvalue weighted by molar-refractivity contribution is 1.26. The van der Waals surface area contributed by atoms with Gasteiger partial charge in [0.15, 0.2) is 0 Å². The second-order valence-corrected chi connectivity index (χ2v) is 10.9. The highest BCUT2D eigenvalue weighted by Gasteiger charge is 2.44. The first kappa shape index (κ1) is 20.9. The van der Waals surface area contributed by atoms with Crippen molar-refractivity contribution >= 4 is 78.0 Å². The van der Waals surface area contributed by atoms with Crippen molar-refractivity contribution in [2.75, 3.05) is 9.80 Å². The lowest BCUT2D eigenvalue weighted by Crippen LogP contribution is -2.60. The SMILES string of the molecule is Cc1ccc2c(c1)N(c1ccccc1)c1cccc3c1B2c1sc2ccccc2c1N3c1ccccc1. The molecule has 0 unspecified atom stereocenters. The fraction of sp³-hybridized carbons (Fsp3) is 0.0303. The summed E-state index contributed by atoms with van der Waals surface area (Å²) in [4.78, 5) is 4.95. The molecule has 2 aliphatic rings. The molecule has 0 aliphatic carbocycles. The van der Waals surface area contributed by atoms with Gasteiger partial charge < -0.3 is 9.80 Å². The van der Waals surface area contributed by atoms with Gasteiger partial charge in [0, 0.05) is 43.3 Å². The lowest BCUT2D eigenvalue weighted by Gasteiger charge is -2.43. The lowest BCUT2D eigenvalue weighted by atomic mass is 9.36. The van der Waals surface area contributed by atoms with Crippen LogP contribution in [0, 0.1) is 6.92 Å². The van der Waals surface area contributed by atoms with Gasteiger partial charge in [-0.1, -0.05) is 72.8 Å². The Kier molecular flexibility index (Phi) is 4.43. The Balaban J connectivity index is 1.51. The van der Waals surface area contributed by atoms with Crippen molar-refractivity contribution in [3.05, 3.63) is 127 Å². The van der Waals surface area contributed by atoms with E-state index in [-0.39, 0.29) is 6.71 Å². The normalized spacial score (nSPS) is 13.4. The van der Waals surface area contributed by atoms with Crippen LogP contribution in [0.15, 0.2) is 121 Å². The van der Waals surface area contributed by atoms with E-state index >= 15 is 0 Å². The van der Waals surface area contributed by atoms with Crippen LogP contribution < -0.4 is 25.5 Å². The van der Waals surface area contributed by atoms with Crippen LogP contribution in [0.25, 0.3) is 10.1 Å². The van der Waals surface area contributed by atoms with Gasteiger partial charge in [-0.2, -0.15) is 0 Å². The molecule has 1 aromatic heterocycles. The minimum Gasteiger partial charge on any atom is -0.311 e. The number of hydrogen-bond donors (Lipinski definition) is 0. The molecule has 0 N–H and O–H groups in total. The average molecular weight is 490 g/mol. The molecule has 8 rings (SSSR count). The fourth-order valence-electron chi connectivity index (χ4n) is 6.17. The van der Waals surface area contributed by atoms with Crippen molar-refractivity contribution in [3.8, 4) is 0 Å². The molecule has 0 saturated carbocycles. The molecular formula is C33H23BN2S. The first-order chi connectivity index (χ1) is 18.3. The standard InChI is InChI=1S/C33H23BN2S/c1-22-19-20-26-29(21-22)35(23-11-4-2-5-12-23)27-16-10-17-28-31(27)34(26)33-32(25-15-8-9-18-30(25)37-33)36(28)24-13-6-3-7-14-24/h2-21H,1H3. The maximum absolute atomic E-state index is 2.49. The summed E-state index contributed by atoms with van der Waals surface area (Å²) >= 11 is 1.94. The minimum absolute atomic E-state index is 0.189. The molecule has 0 bridgehead atoms. The molecule has 4 heteroatoms. The van der Waals surface area contributed by atoms with E-state index in [4.69, 9.17) is 0 Å². The molecule has 0 amide bonds. The Morgan fingerprint density at radius 3 is 2.00 bits per heavy atom. The van der Waals surface area contributed by atoms with E-state index in [0.29, 0.717) is 0 Å². The Morgan fingerprint density at radius 1 is 0.595 bits per heavy atom. The summed E-state index contributed by atoms with van der Waals surface area (Å²) in [6.07, 6.45) is 0. The summed E-state index contributed by atoms with van der Waals surface area (Å²) in [5.74, 6) is 0. The van der Waals surface area contributed by atoms with Crippen molar-refractivity contribution in [1.29, 1.82) is 0 Å². The highest BCUT2D eigenvalue weighted by Crippen LogP contribution is 2.47. The van der Waals surface area contributed by atoms with Crippen LogP contribution in [0.2, 0.25) is 0 Å². The van der Waals surface area contributed by atoms with E-state index in [9.17, 15) is 0 Å². The van der Waals surface area contributed by atoms with Crippen LogP contribution in [-0.2, 0) is 0 Å². The van der Waals surface area contributed by atoms with Crippen molar-refractivity contribution in [3.63, 3.8) is 0 Å². The van der Waals surface area contributed by atoms with Gasteiger partial charge in [-0.3, -0.25) is 0 Å². The molecule has 0 radical (unpaired) electrons. The second-order valence-electron chi connectivity index (χ2n) is 9.86. The number of hydrogen-bond acceptors (Lipinski definition) is 3. The summed E-state index contributed by atoms with van der Waals surface area (Å²) < 4.78 is 2.75. The Hall–Kier alpha value is -4.28. The number of thiophene rings is 1. The highest BCUT2D eigenvalue weighted by atomic mass is 32.1. The zero-order valence-corrected chi connectivity index (χ0v) is 21.2. The molecule has 0 spiro atoms. The van der Waals surface area contributed by atoms with E-state index in [1.54, 1.807) is 0 Å². The third-order valence-electron chi connectivity index (χ3n) is 7.68. The van der Waals surface area contributed by atoms with Gasteiger partial charge >= 0.3 is 0 Å². The number of fused-ring (bicyclic) bond motifs is 6. The molecule has 0 saturated heterocycles. The maximum atomic E-state index is 2.49. The predicted molar refractivity (Wildman–Crippen MR) is 161 cm³/mol. The van der Waals surface area contributed by atoms with Crippen LogP contribution in [-0.4, -0.2) is 6.71 Å². The van der Waals surface area contributed by atoms with Gasteiger partial charge in [0.1, 0.15) is 0 Å². The number of benzene rings is 5. The minimum atomic E-state index is 0.189. The zero-order valence-electron chi connectivity index (χ0n) is 20.4. The number of rotatable bonds is 2. The molecule has 174 valence electrons. The molecule has 37 heavy (non-hydrogen) atoms. The molecule has 3 heterocycles. The van der Waals surface area contributed by atoms with E-state index < -0.39 is 0 Å². The number of nitrogens with zero attached hydrogens (tertiary/aromatic N) is 2. The zero-order chi connectivity index (χ0) is 24.5. The fourth-order valence-corrected chi connectivity index (χ4v) is 7.49. The van der Waals surface area contributed by atoms with Crippen LogP contribution in [0.3, 0.4) is 0 Å². The molecule has 6 aromatic rings. The summed E-state index contributed by atoms with van der Waals surface area (Å²) in [5.41, 5.74) is 11.5. The Bertz CT molecular complexity index is 1810. The van der Waals surface area contributed by atoms with Crippen molar-refractivity contribution in [2.45, 2.75) is 6.92 Å². The summed E-state index contributed by atoms with van der Waals surface area (Å²) in [6, 6.07) is 44.3. The van der Waals surface area contributed by atoms with Gasteiger partial charge in [0.2, 0.25) is 0 Å². The Labute approximate surface area is 221 Å². The van der Waals surface area contributed by atoms with Crippen molar-refractivity contribution in [1.82, 2.24) is 0 Å². The highest BCUT2D eigenvalue weighted by molar-refractivity contribution is 7.33. The van der Waals surface area contributed by atoms with Gasteiger partial charge in [-0.25, -0.2) is 0 Å². The number of anilines is 6. The second kappa shape index (κ2) is 7.86. The van der Waals surface area contributed by atoms with Crippen molar-refractivity contribution < 1.29 is 0 Å². The van der Waals surface area contributed by atoms with Gasteiger partial charge in [0.25, 0.3) is 6.71 Å². The largest absolute Gasteiger partial charge is 0.311 e. The van der Waals surface area contributed by atoms with Gasteiger partial charge in [-0.15, -0.1) is 11.3 Å². The molecule has 2 aliphatic heterocycles. The van der Waals surface area contributed by atoms with E-state index in [0.717, 1.165) is 0 Å². The van der Waals surface area contributed by atoms with Crippen LogP contribution in [0.5, 0.6) is 0 Å². The van der Waals surface area contributed by atoms with Crippen molar-refractivity contribution in [2.24, 2.45) is 0 Å². The third-order valence-corrected chi connectivity index (χ3v) is 8.90. The van der Waals surface area contributed by atoms with Crippen LogP contribution in [0.4, 0.5) is 34.1 Å². The number of para-hydroxylation sites is 2. The quantitative estimate of drug-likeness (QED) is 0.235. The molecule has 0 fully saturated rings. The average Bonchev–Trinajstić information content (AvgIpc) is 3.33. The van der Waals surface area contributed by atoms with E-state index in [2.05, 4.69) is 138 Å². The Morgan fingerprint density at radius 2 is 1.24 bits per heavy atom. The summed E-state index contributed by atoms with van der Waals surface area (Å²) in [6.45, 7) is 2.38. The van der Waals surface area contributed by atoms with Gasteiger partial charge in [-0.05, 0) is 71.9 Å². The molecule has 0 atom stereocenters. The predicted octanol–water partition coefficient (Wildman–Crippen LogP) is 7.29. The molecule has 2 nitrogen and oxygen atoms in total. The van der Waals surface area contributed by atoms with Gasteiger partial charge in [0.05, 0.1) is 5.69 Å². The third kappa shape index (κ3) is 2.94.